The molecule has 1 atom stereocenters. The molecule has 148 valence electrons. The molecule has 2 aromatic heterocycles. The molecule has 0 aliphatic heterocycles. The van der Waals surface area contributed by atoms with E-state index in [1.54, 1.807) is 25.6 Å². The molecule has 1 N–H and O–H groups in total. The van der Waals surface area contributed by atoms with Crippen LogP contribution in [0.25, 0.3) is 10.1 Å². The van der Waals surface area contributed by atoms with Crippen LogP contribution in [0, 0.1) is 5.82 Å². The minimum Gasteiger partial charge on any atom is -0.496 e. The summed E-state index contributed by atoms with van der Waals surface area (Å²) >= 11 is 7.58. The molecule has 0 spiro atoms. The fraction of sp³-hybridized carbons (Fsp3) is 0.143. The maximum atomic E-state index is 13.6. The second kappa shape index (κ2) is 7.85. The first kappa shape index (κ1) is 19.4. The molecule has 0 saturated heterocycles. The normalized spacial score (nSPS) is 12.1. The van der Waals surface area contributed by atoms with E-state index in [4.69, 9.17) is 16.3 Å². The van der Waals surface area contributed by atoms with Crippen LogP contribution in [0.3, 0.4) is 0 Å². The molecule has 1 unspecified atom stereocenters. The van der Waals surface area contributed by atoms with Gasteiger partial charge in [0.25, 0.3) is 5.91 Å². The third kappa shape index (κ3) is 3.59. The zero-order valence-corrected chi connectivity index (χ0v) is 17.2. The van der Waals surface area contributed by atoms with Gasteiger partial charge >= 0.3 is 0 Å². The van der Waals surface area contributed by atoms with Crippen LogP contribution in [0.5, 0.6) is 5.75 Å². The van der Waals surface area contributed by atoms with Crippen LogP contribution in [0.1, 0.15) is 27.1 Å². The Morgan fingerprint density at radius 2 is 2.10 bits per heavy atom. The molecule has 8 heteroatoms. The van der Waals surface area contributed by atoms with Crippen molar-refractivity contribution in [1.82, 2.24) is 14.9 Å². The number of para-hydroxylation sites is 1. The summed E-state index contributed by atoms with van der Waals surface area (Å²) in [4.78, 5) is 17.9. The number of benzene rings is 2. The summed E-state index contributed by atoms with van der Waals surface area (Å²) in [5, 5.41) is 3.97. The van der Waals surface area contributed by atoms with Gasteiger partial charge in [0.1, 0.15) is 28.3 Å². The molecule has 4 rings (SSSR count). The van der Waals surface area contributed by atoms with Gasteiger partial charge in [0.2, 0.25) is 0 Å². The number of carbonyl (C=O) groups is 1. The van der Waals surface area contributed by atoms with Crippen LogP contribution in [0.4, 0.5) is 4.39 Å². The number of nitrogens with zero attached hydrogens (tertiary/aromatic N) is 2. The smallest absolute Gasteiger partial charge is 0.263 e. The van der Waals surface area contributed by atoms with E-state index < -0.39 is 6.04 Å². The lowest BCUT2D eigenvalue weighted by atomic mass is 10.0. The first-order valence-corrected chi connectivity index (χ1v) is 9.97. The van der Waals surface area contributed by atoms with Crippen molar-refractivity contribution in [3.05, 3.63) is 82.0 Å². The van der Waals surface area contributed by atoms with Gasteiger partial charge in [-0.2, -0.15) is 0 Å². The number of aryl methyl sites for hydroxylation is 1. The second-order valence-electron chi connectivity index (χ2n) is 6.43. The molecule has 2 aromatic carbocycles. The number of ether oxygens (including phenoxy) is 1. The number of imidazole rings is 1. The Kier molecular flexibility index (Phi) is 5.25. The predicted octanol–water partition coefficient (Wildman–Crippen LogP) is 4.96. The monoisotopic (exact) mass is 429 g/mol. The zero-order chi connectivity index (χ0) is 20.5. The van der Waals surface area contributed by atoms with E-state index in [1.807, 2.05) is 35.9 Å². The number of halogens is 2. The largest absolute Gasteiger partial charge is 0.496 e. The molecule has 0 aliphatic rings. The molecule has 0 saturated carbocycles. The van der Waals surface area contributed by atoms with Crippen molar-refractivity contribution in [2.24, 2.45) is 7.05 Å². The van der Waals surface area contributed by atoms with Crippen molar-refractivity contribution >= 4 is 38.9 Å². The average molecular weight is 430 g/mol. The number of hydrogen-bond donors (Lipinski definition) is 1. The minimum absolute atomic E-state index is 0.307. The van der Waals surface area contributed by atoms with Crippen LogP contribution in [-0.2, 0) is 7.05 Å². The summed E-state index contributed by atoms with van der Waals surface area (Å²) in [7, 11) is 3.43. The van der Waals surface area contributed by atoms with Crippen LogP contribution < -0.4 is 10.1 Å². The Morgan fingerprint density at radius 3 is 2.83 bits per heavy atom. The summed E-state index contributed by atoms with van der Waals surface area (Å²) in [6.45, 7) is 0. The van der Waals surface area contributed by atoms with Crippen LogP contribution >= 0.6 is 22.9 Å². The summed E-state index contributed by atoms with van der Waals surface area (Å²) in [5.41, 5.74) is 0.765. The van der Waals surface area contributed by atoms with E-state index in [9.17, 15) is 9.18 Å². The molecule has 0 bridgehead atoms. The molecular weight excluding hydrogens is 413 g/mol. The summed E-state index contributed by atoms with van der Waals surface area (Å²) in [6.07, 6.45) is 3.47. The number of nitrogens with one attached hydrogen (secondary N) is 1. The van der Waals surface area contributed by atoms with Crippen molar-refractivity contribution < 1.29 is 13.9 Å². The summed E-state index contributed by atoms with van der Waals surface area (Å²) in [5.74, 6) is 0.536. The number of methoxy groups -OCH3 is 1. The number of hydrogen-bond acceptors (Lipinski definition) is 4. The van der Waals surface area contributed by atoms with Gasteiger partial charge in [0, 0.05) is 35.1 Å². The fourth-order valence-corrected chi connectivity index (χ4v) is 4.67. The molecule has 4 aromatic rings. The first-order chi connectivity index (χ1) is 14.0. The second-order valence-corrected chi connectivity index (χ2v) is 7.86. The first-order valence-electron chi connectivity index (χ1n) is 8.78. The number of thiophene rings is 1. The number of amides is 1. The van der Waals surface area contributed by atoms with E-state index in [0.717, 1.165) is 16.9 Å². The van der Waals surface area contributed by atoms with Crippen LogP contribution in [-0.4, -0.2) is 22.6 Å². The lowest BCUT2D eigenvalue weighted by molar-refractivity contribution is 0.0945. The summed E-state index contributed by atoms with van der Waals surface area (Å²) < 4.78 is 21.5. The van der Waals surface area contributed by atoms with Crippen molar-refractivity contribution in [3.63, 3.8) is 0 Å². The third-order valence-corrected chi connectivity index (χ3v) is 6.30. The van der Waals surface area contributed by atoms with Crippen molar-refractivity contribution in [2.45, 2.75) is 6.04 Å². The van der Waals surface area contributed by atoms with Crippen molar-refractivity contribution in [1.29, 1.82) is 0 Å². The lowest BCUT2D eigenvalue weighted by Crippen LogP contribution is -2.31. The number of fused-ring (bicyclic) bond motifs is 1. The Bertz CT molecular complexity index is 1200. The minimum atomic E-state index is -0.559. The SMILES string of the molecule is COc1ccccc1C(NC(=O)c1sc2cc(F)ccc2c1Cl)c1nccn1C. The van der Waals surface area contributed by atoms with Gasteiger partial charge in [-0.15, -0.1) is 11.3 Å². The number of carbonyl (C=O) groups excluding carboxylic acids is 1. The molecule has 29 heavy (non-hydrogen) atoms. The highest BCUT2D eigenvalue weighted by atomic mass is 35.5. The Hall–Kier alpha value is -2.90. The maximum absolute atomic E-state index is 13.6. The molecule has 0 radical (unpaired) electrons. The van der Waals surface area contributed by atoms with E-state index >= 15 is 0 Å². The van der Waals surface area contributed by atoms with Gasteiger partial charge in [0.15, 0.2) is 0 Å². The van der Waals surface area contributed by atoms with Gasteiger partial charge in [-0.05, 0) is 24.3 Å². The lowest BCUT2D eigenvalue weighted by Gasteiger charge is -2.21. The zero-order valence-electron chi connectivity index (χ0n) is 15.6. The van der Waals surface area contributed by atoms with Gasteiger partial charge in [0.05, 0.1) is 12.1 Å². The Labute approximate surface area is 175 Å². The molecule has 2 heterocycles. The van der Waals surface area contributed by atoms with Crippen LogP contribution in [0.2, 0.25) is 5.02 Å². The number of rotatable bonds is 5. The Morgan fingerprint density at radius 1 is 1.31 bits per heavy atom. The quantitative estimate of drug-likeness (QED) is 0.488. The van der Waals surface area contributed by atoms with E-state index in [2.05, 4.69) is 10.3 Å². The van der Waals surface area contributed by atoms with Gasteiger partial charge in [-0.1, -0.05) is 29.8 Å². The standard InChI is InChI=1S/C21H17ClFN3O2S/c1-26-10-9-24-20(26)18(13-5-3-4-6-15(13)28-2)25-21(27)19-17(22)14-8-7-12(23)11-16(14)29-19/h3-11,18H,1-2H3,(H,25,27). The maximum Gasteiger partial charge on any atom is 0.263 e. The highest BCUT2D eigenvalue weighted by molar-refractivity contribution is 7.21. The number of aromatic nitrogens is 2. The highest BCUT2D eigenvalue weighted by Gasteiger charge is 2.26. The molecule has 0 aliphatic carbocycles. The predicted molar refractivity (Wildman–Crippen MR) is 112 cm³/mol. The van der Waals surface area contributed by atoms with Crippen molar-refractivity contribution in [3.8, 4) is 5.75 Å². The summed E-state index contributed by atoms with van der Waals surface area (Å²) in [6, 6.07) is 11.2. The average Bonchev–Trinajstić information content (AvgIpc) is 3.29. The molecular formula is C21H17ClFN3O2S. The highest BCUT2D eigenvalue weighted by Crippen LogP contribution is 2.37. The van der Waals surface area contributed by atoms with Crippen LogP contribution in [0.15, 0.2) is 54.9 Å². The Balaban J connectivity index is 1.76. The third-order valence-electron chi connectivity index (χ3n) is 4.64. The van der Waals surface area contributed by atoms with Gasteiger partial charge < -0.3 is 14.6 Å². The van der Waals surface area contributed by atoms with Gasteiger partial charge in [-0.3, -0.25) is 4.79 Å². The molecule has 5 nitrogen and oxygen atoms in total. The van der Waals surface area contributed by atoms with E-state index in [-0.39, 0.29) is 11.7 Å². The topological polar surface area (TPSA) is 56.1 Å². The molecule has 1 amide bonds. The fourth-order valence-electron chi connectivity index (χ4n) is 3.22. The van der Waals surface area contributed by atoms with E-state index in [1.165, 1.54) is 12.1 Å². The van der Waals surface area contributed by atoms with Crippen molar-refractivity contribution in [2.75, 3.05) is 7.11 Å². The van der Waals surface area contributed by atoms with E-state index in [0.29, 0.717) is 31.6 Å². The molecule has 0 fully saturated rings. The van der Waals surface area contributed by atoms with Gasteiger partial charge in [-0.25, -0.2) is 9.37 Å².